The molecule has 1 aromatic carbocycles. The summed E-state index contributed by atoms with van der Waals surface area (Å²) < 4.78 is 5.68. The molecule has 0 fully saturated rings. The first-order valence-corrected chi connectivity index (χ1v) is 6.27. The van der Waals surface area contributed by atoms with Crippen molar-refractivity contribution in [1.29, 1.82) is 0 Å². The lowest BCUT2D eigenvalue weighted by Gasteiger charge is -2.24. The van der Waals surface area contributed by atoms with E-state index in [-0.39, 0.29) is 5.91 Å². The number of hydrogen-bond donors (Lipinski definition) is 1. The SMILES string of the molecule is CN1C(=O)C(C)(C)COc2ccc(/C=C/C(=O)O)cc21. The van der Waals surface area contributed by atoms with Gasteiger partial charge in [-0.05, 0) is 37.6 Å². The average Bonchev–Trinajstić information content (AvgIpc) is 2.48. The van der Waals surface area contributed by atoms with Gasteiger partial charge in [-0.25, -0.2) is 4.79 Å². The van der Waals surface area contributed by atoms with E-state index in [1.807, 2.05) is 13.8 Å². The first kappa shape index (κ1) is 14.1. The Labute approximate surface area is 117 Å². The topological polar surface area (TPSA) is 66.8 Å². The largest absolute Gasteiger partial charge is 0.490 e. The Balaban J connectivity index is 2.42. The molecule has 1 heterocycles. The molecule has 0 radical (unpaired) electrons. The number of carbonyl (C=O) groups excluding carboxylic acids is 1. The van der Waals surface area contributed by atoms with Crippen LogP contribution in [-0.4, -0.2) is 30.6 Å². The van der Waals surface area contributed by atoms with Gasteiger partial charge in [0.2, 0.25) is 5.91 Å². The molecule has 5 heteroatoms. The minimum atomic E-state index is -1.01. The summed E-state index contributed by atoms with van der Waals surface area (Å²) in [6, 6.07) is 5.25. The molecule has 0 saturated carbocycles. The maximum Gasteiger partial charge on any atom is 0.328 e. The fraction of sp³-hybridized carbons (Fsp3) is 0.333. The summed E-state index contributed by atoms with van der Waals surface area (Å²) in [6.07, 6.45) is 2.54. The van der Waals surface area contributed by atoms with Gasteiger partial charge in [0, 0.05) is 13.1 Å². The third-order valence-corrected chi connectivity index (χ3v) is 3.23. The third kappa shape index (κ3) is 2.66. The highest BCUT2D eigenvalue weighted by molar-refractivity contribution is 5.99. The van der Waals surface area contributed by atoms with Gasteiger partial charge in [-0.1, -0.05) is 6.07 Å². The van der Waals surface area contributed by atoms with Crippen LogP contribution in [0, 0.1) is 5.41 Å². The van der Waals surface area contributed by atoms with Crippen LogP contribution in [0.4, 0.5) is 5.69 Å². The molecule has 1 amide bonds. The molecule has 0 saturated heterocycles. The summed E-state index contributed by atoms with van der Waals surface area (Å²) in [6.45, 7) is 3.99. The number of ether oxygens (including phenoxy) is 1. The second kappa shape index (κ2) is 5.00. The second-order valence-corrected chi connectivity index (χ2v) is 5.44. The average molecular weight is 275 g/mol. The van der Waals surface area contributed by atoms with Gasteiger partial charge in [-0.15, -0.1) is 0 Å². The number of benzene rings is 1. The Bertz CT molecular complexity index is 590. The van der Waals surface area contributed by atoms with Gasteiger partial charge in [0.05, 0.1) is 11.1 Å². The van der Waals surface area contributed by atoms with E-state index in [4.69, 9.17) is 9.84 Å². The van der Waals surface area contributed by atoms with Crippen molar-refractivity contribution >= 4 is 23.6 Å². The van der Waals surface area contributed by atoms with Gasteiger partial charge in [-0.2, -0.15) is 0 Å². The Hall–Kier alpha value is -2.30. The molecule has 0 atom stereocenters. The first-order chi connectivity index (χ1) is 9.31. The number of carbonyl (C=O) groups is 2. The Kier molecular flexibility index (Phi) is 3.53. The van der Waals surface area contributed by atoms with Crippen LogP contribution in [0.2, 0.25) is 0 Å². The lowest BCUT2D eigenvalue weighted by atomic mass is 9.93. The summed E-state index contributed by atoms with van der Waals surface area (Å²) in [7, 11) is 1.70. The van der Waals surface area contributed by atoms with E-state index in [0.29, 0.717) is 23.6 Å². The predicted molar refractivity (Wildman–Crippen MR) is 75.8 cm³/mol. The fourth-order valence-corrected chi connectivity index (χ4v) is 2.07. The number of anilines is 1. The molecular weight excluding hydrogens is 258 g/mol. The molecule has 20 heavy (non-hydrogen) atoms. The lowest BCUT2D eigenvalue weighted by Crippen LogP contribution is -2.39. The van der Waals surface area contributed by atoms with Crippen LogP contribution in [0.25, 0.3) is 6.08 Å². The van der Waals surface area contributed by atoms with Crippen molar-refractivity contribution in [2.75, 3.05) is 18.6 Å². The lowest BCUT2D eigenvalue weighted by molar-refractivity contribution is -0.131. The van der Waals surface area contributed by atoms with Crippen LogP contribution in [0.15, 0.2) is 24.3 Å². The Morgan fingerprint density at radius 3 is 2.80 bits per heavy atom. The molecule has 0 unspecified atom stereocenters. The smallest absolute Gasteiger partial charge is 0.328 e. The molecule has 1 aromatic rings. The van der Waals surface area contributed by atoms with Crippen molar-refractivity contribution in [2.24, 2.45) is 5.41 Å². The fourth-order valence-electron chi connectivity index (χ4n) is 2.07. The summed E-state index contributed by atoms with van der Waals surface area (Å²) in [5.74, 6) is -0.420. The summed E-state index contributed by atoms with van der Waals surface area (Å²) >= 11 is 0. The van der Waals surface area contributed by atoms with Gasteiger partial charge in [-0.3, -0.25) is 4.79 Å². The van der Waals surface area contributed by atoms with E-state index in [2.05, 4.69) is 0 Å². The van der Waals surface area contributed by atoms with Gasteiger partial charge in [0.1, 0.15) is 12.4 Å². The van der Waals surface area contributed by atoms with Gasteiger partial charge < -0.3 is 14.7 Å². The zero-order valence-corrected chi connectivity index (χ0v) is 11.7. The molecule has 5 nitrogen and oxygen atoms in total. The molecule has 0 aromatic heterocycles. The van der Waals surface area contributed by atoms with Crippen molar-refractivity contribution in [2.45, 2.75) is 13.8 Å². The molecular formula is C15H17NO4. The Morgan fingerprint density at radius 1 is 1.45 bits per heavy atom. The third-order valence-electron chi connectivity index (χ3n) is 3.23. The number of carboxylic acid groups (broad SMARTS) is 1. The number of hydrogen-bond acceptors (Lipinski definition) is 3. The van der Waals surface area contributed by atoms with Gasteiger partial charge >= 0.3 is 5.97 Å². The van der Waals surface area contributed by atoms with Crippen LogP contribution in [0.1, 0.15) is 19.4 Å². The van der Waals surface area contributed by atoms with Crippen molar-refractivity contribution < 1.29 is 19.4 Å². The predicted octanol–water partition coefficient (Wildman–Crippen LogP) is 2.17. The summed E-state index contributed by atoms with van der Waals surface area (Å²) in [5.41, 5.74) is 0.757. The molecule has 0 spiro atoms. The standard InChI is InChI=1S/C15H17NO4/c1-15(2)9-20-12-6-4-10(5-7-13(17)18)8-11(12)16(3)14(15)19/h4-8H,9H2,1-3H3,(H,17,18)/b7-5+. The molecule has 0 bridgehead atoms. The number of aliphatic carboxylic acids is 1. The van der Waals surface area contributed by atoms with E-state index in [1.165, 1.54) is 6.08 Å². The van der Waals surface area contributed by atoms with E-state index in [9.17, 15) is 9.59 Å². The van der Waals surface area contributed by atoms with Crippen LogP contribution in [0.5, 0.6) is 5.75 Å². The highest BCUT2D eigenvalue weighted by atomic mass is 16.5. The quantitative estimate of drug-likeness (QED) is 0.840. The van der Waals surface area contributed by atoms with E-state index < -0.39 is 11.4 Å². The van der Waals surface area contributed by atoms with Gasteiger partial charge in [0.15, 0.2) is 0 Å². The monoisotopic (exact) mass is 275 g/mol. The Morgan fingerprint density at radius 2 is 2.15 bits per heavy atom. The first-order valence-electron chi connectivity index (χ1n) is 6.27. The molecule has 2 rings (SSSR count). The molecule has 0 aliphatic carbocycles. The van der Waals surface area contributed by atoms with Crippen molar-refractivity contribution in [3.8, 4) is 5.75 Å². The second-order valence-electron chi connectivity index (χ2n) is 5.44. The van der Waals surface area contributed by atoms with E-state index in [0.717, 1.165) is 6.08 Å². The van der Waals surface area contributed by atoms with Crippen molar-refractivity contribution in [3.05, 3.63) is 29.8 Å². The normalized spacial score (nSPS) is 17.6. The van der Waals surface area contributed by atoms with Crippen LogP contribution in [0.3, 0.4) is 0 Å². The number of rotatable bonds is 2. The van der Waals surface area contributed by atoms with Crippen LogP contribution in [-0.2, 0) is 9.59 Å². The molecule has 106 valence electrons. The van der Waals surface area contributed by atoms with Crippen LogP contribution < -0.4 is 9.64 Å². The zero-order valence-electron chi connectivity index (χ0n) is 11.7. The molecule has 1 aliphatic rings. The number of amides is 1. The summed E-state index contributed by atoms with van der Waals surface area (Å²) in [4.78, 5) is 24.4. The number of carboxylic acids is 1. The van der Waals surface area contributed by atoms with Crippen molar-refractivity contribution in [3.63, 3.8) is 0 Å². The van der Waals surface area contributed by atoms with Gasteiger partial charge in [0.25, 0.3) is 0 Å². The molecule has 1 aliphatic heterocycles. The minimum Gasteiger partial charge on any atom is -0.490 e. The van der Waals surface area contributed by atoms with E-state index >= 15 is 0 Å². The van der Waals surface area contributed by atoms with Crippen molar-refractivity contribution in [1.82, 2.24) is 0 Å². The highest BCUT2D eigenvalue weighted by Crippen LogP contribution is 2.36. The number of fused-ring (bicyclic) bond motifs is 1. The van der Waals surface area contributed by atoms with E-state index in [1.54, 1.807) is 30.1 Å². The minimum absolute atomic E-state index is 0.0318. The maximum absolute atomic E-state index is 12.3. The molecule has 1 N–H and O–H groups in total. The number of nitrogens with zero attached hydrogens (tertiary/aromatic N) is 1. The zero-order chi connectivity index (χ0) is 14.9. The maximum atomic E-state index is 12.3. The van der Waals surface area contributed by atoms with Crippen LogP contribution >= 0.6 is 0 Å². The summed E-state index contributed by atoms with van der Waals surface area (Å²) in [5, 5.41) is 8.64. The highest BCUT2D eigenvalue weighted by Gasteiger charge is 2.35.